The standard InChI is InChI=1S/C11H15NO3S/c1-2-9(7-12)8-15-10-3-5-11(6-4-10)16(13)14/h2-6H,7-8,12H2,1H3,(H,13,14)/b9-2+. The van der Waals surface area contributed by atoms with Gasteiger partial charge in [-0.3, -0.25) is 0 Å². The van der Waals surface area contributed by atoms with E-state index in [-0.39, 0.29) is 0 Å². The monoisotopic (exact) mass is 241 g/mol. The molecule has 1 aromatic carbocycles. The smallest absolute Gasteiger partial charge is 0.186 e. The van der Waals surface area contributed by atoms with Crippen LogP contribution in [0.5, 0.6) is 5.75 Å². The van der Waals surface area contributed by atoms with Gasteiger partial charge in [-0.25, -0.2) is 4.21 Å². The molecule has 1 atom stereocenters. The van der Waals surface area contributed by atoms with Gasteiger partial charge in [-0.2, -0.15) is 0 Å². The molecule has 0 aliphatic rings. The molecule has 3 N–H and O–H groups in total. The number of rotatable bonds is 5. The van der Waals surface area contributed by atoms with Crippen LogP contribution < -0.4 is 10.5 Å². The van der Waals surface area contributed by atoms with E-state index < -0.39 is 11.1 Å². The van der Waals surface area contributed by atoms with Crippen LogP contribution in [0.15, 0.2) is 40.8 Å². The molecule has 0 fully saturated rings. The first-order chi connectivity index (χ1) is 7.67. The quantitative estimate of drug-likeness (QED) is 0.606. The lowest BCUT2D eigenvalue weighted by molar-refractivity contribution is 0.350. The Kier molecular flexibility index (Phi) is 5.18. The average molecular weight is 241 g/mol. The SMILES string of the molecule is C/C=C(\CN)COc1ccc(S(=O)O)cc1. The lowest BCUT2D eigenvalue weighted by atomic mass is 10.3. The number of ether oxygens (including phenoxy) is 1. The van der Waals surface area contributed by atoms with E-state index in [1.165, 1.54) is 0 Å². The molecule has 0 aliphatic heterocycles. The molecule has 4 nitrogen and oxygen atoms in total. The summed E-state index contributed by atoms with van der Waals surface area (Å²) in [4.78, 5) is 0.359. The van der Waals surface area contributed by atoms with Crippen molar-refractivity contribution < 1.29 is 13.5 Å². The van der Waals surface area contributed by atoms with Gasteiger partial charge in [0.1, 0.15) is 12.4 Å². The maximum absolute atomic E-state index is 10.7. The van der Waals surface area contributed by atoms with Crippen LogP contribution in [-0.4, -0.2) is 21.9 Å². The van der Waals surface area contributed by atoms with Crippen molar-refractivity contribution in [2.75, 3.05) is 13.2 Å². The maximum atomic E-state index is 10.7. The molecule has 1 unspecified atom stereocenters. The first-order valence-corrected chi connectivity index (χ1v) is 5.96. The molecule has 0 heterocycles. The van der Waals surface area contributed by atoms with Crippen molar-refractivity contribution in [2.45, 2.75) is 11.8 Å². The summed E-state index contributed by atoms with van der Waals surface area (Å²) in [6.07, 6.45) is 1.91. The summed E-state index contributed by atoms with van der Waals surface area (Å²) in [5, 5.41) is 0. The molecule has 0 saturated heterocycles. The molecule has 0 saturated carbocycles. The van der Waals surface area contributed by atoms with Crippen molar-refractivity contribution in [1.29, 1.82) is 0 Å². The van der Waals surface area contributed by atoms with Gasteiger partial charge in [0.25, 0.3) is 0 Å². The van der Waals surface area contributed by atoms with Gasteiger partial charge >= 0.3 is 0 Å². The summed E-state index contributed by atoms with van der Waals surface area (Å²) in [5.74, 6) is 0.655. The summed E-state index contributed by atoms with van der Waals surface area (Å²) < 4.78 is 25.0. The minimum absolute atomic E-state index is 0.359. The summed E-state index contributed by atoms with van der Waals surface area (Å²) in [5.41, 5.74) is 6.50. The zero-order valence-electron chi connectivity index (χ0n) is 9.05. The lowest BCUT2D eigenvalue weighted by Gasteiger charge is -2.07. The fourth-order valence-electron chi connectivity index (χ4n) is 1.09. The average Bonchev–Trinajstić information content (AvgIpc) is 2.31. The highest BCUT2D eigenvalue weighted by Crippen LogP contribution is 2.14. The molecule has 16 heavy (non-hydrogen) atoms. The second kappa shape index (κ2) is 6.42. The molecule has 0 amide bonds. The van der Waals surface area contributed by atoms with Crippen LogP contribution in [0, 0.1) is 0 Å². The van der Waals surface area contributed by atoms with Crippen LogP contribution in [0.3, 0.4) is 0 Å². The van der Waals surface area contributed by atoms with Gasteiger partial charge in [-0.15, -0.1) is 0 Å². The summed E-state index contributed by atoms with van der Waals surface area (Å²) in [6, 6.07) is 6.44. The highest BCUT2D eigenvalue weighted by Gasteiger charge is 2.00. The van der Waals surface area contributed by atoms with Crippen LogP contribution in [0.4, 0.5) is 0 Å². The van der Waals surface area contributed by atoms with E-state index in [4.69, 9.17) is 15.0 Å². The van der Waals surface area contributed by atoms with E-state index in [1.807, 2.05) is 13.0 Å². The maximum Gasteiger partial charge on any atom is 0.186 e. The predicted molar refractivity (Wildman–Crippen MR) is 63.8 cm³/mol. The Balaban J connectivity index is 2.59. The Morgan fingerprint density at radius 3 is 2.56 bits per heavy atom. The minimum Gasteiger partial charge on any atom is -0.489 e. The molecule has 1 rings (SSSR count). The molecular formula is C11H15NO3S. The number of hydrogen-bond donors (Lipinski definition) is 2. The Morgan fingerprint density at radius 1 is 1.50 bits per heavy atom. The second-order valence-corrected chi connectivity index (χ2v) is 4.13. The molecule has 0 aromatic heterocycles. The Morgan fingerprint density at radius 2 is 2.12 bits per heavy atom. The van der Waals surface area contributed by atoms with Crippen molar-refractivity contribution in [2.24, 2.45) is 5.73 Å². The van der Waals surface area contributed by atoms with Crippen LogP contribution in [0.2, 0.25) is 0 Å². The predicted octanol–water partition coefficient (Wildman–Crippen LogP) is 1.55. The van der Waals surface area contributed by atoms with Crippen molar-refractivity contribution in [3.05, 3.63) is 35.9 Å². The summed E-state index contributed by atoms with van der Waals surface area (Å²) in [7, 11) is 0. The zero-order chi connectivity index (χ0) is 12.0. The highest BCUT2D eigenvalue weighted by molar-refractivity contribution is 7.79. The van der Waals surface area contributed by atoms with E-state index in [0.29, 0.717) is 23.8 Å². The first-order valence-electron chi connectivity index (χ1n) is 4.85. The fourth-order valence-corrected chi connectivity index (χ4v) is 1.46. The van der Waals surface area contributed by atoms with E-state index in [1.54, 1.807) is 24.3 Å². The van der Waals surface area contributed by atoms with Crippen molar-refractivity contribution in [3.63, 3.8) is 0 Å². The second-order valence-electron chi connectivity index (χ2n) is 3.16. The van der Waals surface area contributed by atoms with Crippen LogP contribution >= 0.6 is 0 Å². The van der Waals surface area contributed by atoms with E-state index in [2.05, 4.69) is 0 Å². The summed E-state index contributed by atoms with van der Waals surface area (Å²) >= 11 is -1.94. The van der Waals surface area contributed by atoms with Crippen LogP contribution in [0.25, 0.3) is 0 Å². The number of allylic oxidation sites excluding steroid dienone is 1. The Bertz CT molecular complexity index is 387. The molecule has 0 bridgehead atoms. The largest absolute Gasteiger partial charge is 0.489 e. The van der Waals surface area contributed by atoms with E-state index >= 15 is 0 Å². The van der Waals surface area contributed by atoms with Crippen molar-refractivity contribution in [3.8, 4) is 5.75 Å². The van der Waals surface area contributed by atoms with Gasteiger partial charge in [0.05, 0.1) is 4.90 Å². The third-order valence-electron chi connectivity index (χ3n) is 2.12. The van der Waals surface area contributed by atoms with Gasteiger partial charge < -0.3 is 15.0 Å². The number of nitrogens with two attached hydrogens (primary N) is 1. The molecule has 0 spiro atoms. The van der Waals surface area contributed by atoms with Crippen molar-refractivity contribution >= 4 is 11.1 Å². The van der Waals surface area contributed by atoms with Gasteiger partial charge in [0.15, 0.2) is 11.1 Å². The van der Waals surface area contributed by atoms with Crippen LogP contribution in [0.1, 0.15) is 6.92 Å². The van der Waals surface area contributed by atoms with Gasteiger partial charge in [-0.05, 0) is 36.8 Å². The highest BCUT2D eigenvalue weighted by atomic mass is 32.2. The number of benzene rings is 1. The molecule has 5 heteroatoms. The fraction of sp³-hybridized carbons (Fsp3) is 0.273. The van der Waals surface area contributed by atoms with Crippen molar-refractivity contribution in [1.82, 2.24) is 0 Å². The molecule has 88 valence electrons. The summed E-state index contributed by atoms with van der Waals surface area (Å²) in [6.45, 7) is 2.81. The zero-order valence-corrected chi connectivity index (χ0v) is 9.87. The third-order valence-corrected chi connectivity index (χ3v) is 2.80. The Labute approximate surface area is 97.4 Å². The van der Waals surface area contributed by atoms with E-state index in [9.17, 15) is 4.21 Å². The van der Waals surface area contributed by atoms with Gasteiger partial charge in [-0.1, -0.05) is 6.08 Å². The molecular weight excluding hydrogens is 226 g/mol. The van der Waals surface area contributed by atoms with E-state index in [0.717, 1.165) is 5.57 Å². The van der Waals surface area contributed by atoms with Gasteiger partial charge in [0, 0.05) is 6.54 Å². The third kappa shape index (κ3) is 3.77. The normalized spacial score (nSPS) is 13.6. The Hall–Kier alpha value is -1.17. The topological polar surface area (TPSA) is 72.5 Å². The van der Waals surface area contributed by atoms with Crippen LogP contribution in [-0.2, 0) is 11.1 Å². The molecule has 0 radical (unpaired) electrons. The first kappa shape index (κ1) is 12.9. The lowest BCUT2D eigenvalue weighted by Crippen LogP contribution is -2.10. The minimum atomic E-state index is -1.94. The molecule has 1 aromatic rings. The van der Waals surface area contributed by atoms with Gasteiger partial charge in [0.2, 0.25) is 0 Å². The molecule has 0 aliphatic carbocycles. The number of hydrogen-bond acceptors (Lipinski definition) is 3.